The third kappa shape index (κ3) is 7.03. The van der Waals surface area contributed by atoms with Gasteiger partial charge in [0.15, 0.2) is 5.96 Å². The van der Waals surface area contributed by atoms with E-state index < -0.39 is 5.60 Å². The maximum Gasteiger partial charge on any atom is 0.410 e. The van der Waals surface area contributed by atoms with Gasteiger partial charge in [-0.3, -0.25) is 4.99 Å². The smallest absolute Gasteiger partial charge is 0.410 e. The van der Waals surface area contributed by atoms with Crippen molar-refractivity contribution in [1.29, 1.82) is 0 Å². The van der Waals surface area contributed by atoms with Crippen molar-refractivity contribution in [2.45, 2.75) is 71.4 Å². The molecule has 2 aliphatic heterocycles. The monoisotopic (exact) mass is 421 g/mol. The van der Waals surface area contributed by atoms with E-state index in [-0.39, 0.29) is 12.1 Å². The molecule has 30 heavy (non-hydrogen) atoms. The second kappa shape index (κ2) is 10.2. The summed E-state index contributed by atoms with van der Waals surface area (Å²) in [5.74, 6) is 2.37. The Morgan fingerprint density at radius 1 is 1.10 bits per heavy atom. The van der Waals surface area contributed by atoms with Gasteiger partial charge in [-0.15, -0.1) is 0 Å². The minimum Gasteiger partial charge on any atom is -0.444 e. The van der Waals surface area contributed by atoms with Crippen LogP contribution in [0.3, 0.4) is 0 Å². The minimum absolute atomic E-state index is 0.140. The second-order valence-corrected chi connectivity index (χ2v) is 10.4. The molecule has 1 N–H and O–H groups in total. The Hall–Kier alpha value is -1.50. The molecule has 1 saturated carbocycles. The van der Waals surface area contributed by atoms with Crippen LogP contribution in [0.2, 0.25) is 0 Å². The van der Waals surface area contributed by atoms with Gasteiger partial charge in [-0.1, -0.05) is 0 Å². The molecule has 0 aromatic rings. The molecule has 0 spiro atoms. The van der Waals surface area contributed by atoms with Gasteiger partial charge in [0.1, 0.15) is 5.60 Å². The molecule has 1 amide bonds. The van der Waals surface area contributed by atoms with Gasteiger partial charge in [-0.25, -0.2) is 4.79 Å². The number of nitrogens with zero attached hydrogens (tertiary/aromatic N) is 4. The van der Waals surface area contributed by atoms with E-state index in [1.165, 1.54) is 25.8 Å². The summed E-state index contributed by atoms with van der Waals surface area (Å²) < 4.78 is 5.73. The van der Waals surface area contributed by atoms with Crippen molar-refractivity contribution in [3.05, 3.63) is 0 Å². The number of piperidine rings is 1. The summed E-state index contributed by atoms with van der Waals surface area (Å²) in [5, 5.41) is 3.48. The summed E-state index contributed by atoms with van der Waals surface area (Å²) in [6.07, 6.45) is 5.54. The fraction of sp³-hybridized carbons (Fsp3) is 0.913. The number of aliphatic imine (C=N–C) groups is 1. The van der Waals surface area contributed by atoms with Crippen LogP contribution in [0.4, 0.5) is 4.79 Å². The molecule has 0 aromatic heterocycles. The van der Waals surface area contributed by atoms with Gasteiger partial charge in [-0.2, -0.15) is 0 Å². The second-order valence-electron chi connectivity index (χ2n) is 10.4. The third-order valence-electron chi connectivity index (χ3n) is 6.31. The number of hydrogen-bond donors (Lipinski definition) is 1. The van der Waals surface area contributed by atoms with Gasteiger partial charge in [-0.05, 0) is 85.2 Å². The van der Waals surface area contributed by atoms with Crippen molar-refractivity contribution in [3.8, 4) is 0 Å². The van der Waals surface area contributed by atoms with E-state index in [9.17, 15) is 4.79 Å². The number of rotatable bonds is 6. The summed E-state index contributed by atoms with van der Waals surface area (Å²) in [6, 6.07) is 0.267. The first-order valence-electron chi connectivity index (χ1n) is 12.0. The maximum atomic E-state index is 12.9. The molecule has 7 heteroatoms. The average Bonchev–Trinajstić information content (AvgIpc) is 3.41. The van der Waals surface area contributed by atoms with Crippen LogP contribution in [0.1, 0.15) is 59.8 Å². The van der Waals surface area contributed by atoms with Crippen LogP contribution in [-0.2, 0) is 4.74 Å². The summed E-state index contributed by atoms with van der Waals surface area (Å²) >= 11 is 0. The molecule has 1 atom stereocenters. The lowest BCUT2D eigenvalue weighted by molar-refractivity contribution is 0.00928. The van der Waals surface area contributed by atoms with Crippen molar-refractivity contribution >= 4 is 12.1 Å². The summed E-state index contributed by atoms with van der Waals surface area (Å²) in [4.78, 5) is 24.6. The zero-order valence-electron chi connectivity index (χ0n) is 19.8. The molecule has 0 aromatic carbocycles. The number of ether oxygens (including phenoxy) is 1. The van der Waals surface area contributed by atoms with Crippen LogP contribution in [0.25, 0.3) is 0 Å². The zero-order chi connectivity index (χ0) is 21.7. The first-order valence-corrected chi connectivity index (χ1v) is 12.0. The molecule has 0 bridgehead atoms. The van der Waals surface area contributed by atoms with Gasteiger partial charge in [0, 0.05) is 45.3 Å². The van der Waals surface area contributed by atoms with E-state index in [0.717, 1.165) is 58.1 Å². The van der Waals surface area contributed by atoms with E-state index in [2.05, 4.69) is 29.1 Å². The van der Waals surface area contributed by atoms with Crippen molar-refractivity contribution in [2.75, 3.05) is 52.9 Å². The molecule has 0 radical (unpaired) electrons. The highest BCUT2D eigenvalue weighted by Crippen LogP contribution is 2.32. The fourth-order valence-corrected chi connectivity index (χ4v) is 4.48. The molecule has 3 aliphatic rings. The molecule has 172 valence electrons. The van der Waals surface area contributed by atoms with Crippen molar-refractivity contribution < 1.29 is 9.53 Å². The Morgan fingerprint density at radius 2 is 1.80 bits per heavy atom. The quantitative estimate of drug-likeness (QED) is 0.528. The number of carbonyl (C=O) groups is 1. The number of guanidine groups is 1. The van der Waals surface area contributed by atoms with Crippen LogP contribution in [0.15, 0.2) is 4.99 Å². The first kappa shape index (κ1) is 23.2. The van der Waals surface area contributed by atoms with Gasteiger partial charge >= 0.3 is 6.09 Å². The van der Waals surface area contributed by atoms with Gasteiger partial charge in [0.25, 0.3) is 0 Å². The normalized spacial score (nSPS) is 24.2. The molecular weight excluding hydrogens is 378 g/mol. The molecule has 1 aliphatic carbocycles. The van der Waals surface area contributed by atoms with Gasteiger partial charge < -0.3 is 24.8 Å². The minimum atomic E-state index is -0.446. The number of amides is 1. The average molecular weight is 422 g/mol. The fourth-order valence-electron chi connectivity index (χ4n) is 4.48. The van der Waals surface area contributed by atoms with Crippen LogP contribution in [0, 0.1) is 11.8 Å². The number of hydrogen-bond acceptors (Lipinski definition) is 4. The topological polar surface area (TPSA) is 60.4 Å². The highest BCUT2D eigenvalue weighted by molar-refractivity contribution is 5.80. The van der Waals surface area contributed by atoms with E-state index in [1.54, 1.807) is 0 Å². The van der Waals surface area contributed by atoms with Crippen molar-refractivity contribution in [3.63, 3.8) is 0 Å². The highest BCUT2D eigenvalue weighted by Gasteiger charge is 2.35. The number of nitrogens with one attached hydrogen (secondary N) is 1. The molecule has 2 saturated heterocycles. The maximum absolute atomic E-state index is 12.9. The van der Waals surface area contributed by atoms with E-state index in [4.69, 9.17) is 9.73 Å². The Labute approximate surface area is 183 Å². The first-order chi connectivity index (χ1) is 14.2. The van der Waals surface area contributed by atoms with Crippen LogP contribution < -0.4 is 5.32 Å². The number of likely N-dealkylation sites (tertiary alicyclic amines) is 2. The van der Waals surface area contributed by atoms with Gasteiger partial charge in [0.05, 0.1) is 0 Å². The summed E-state index contributed by atoms with van der Waals surface area (Å²) in [5.41, 5.74) is -0.446. The Bertz CT molecular complexity index is 591. The largest absolute Gasteiger partial charge is 0.444 e. The van der Waals surface area contributed by atoms with Crippen LogP contribution in [-0.4, -0.2) is 91.3 Å². The highest BCUT2D eigenvalue weighted by atomic mass is 16.6. The van der Waals surface area contributed by atoms with Crippen molar-refractivity contribution in [1.82, 2.24) is 20.0 Å². The van der Waals surface area contributed by atoms with Crippen LogP contribution in [0.5, 0.6) is 0 Å². The summed E-state index contributed by atoms with van der Waals surface area (Å²) in [7, 11) is 2.19. The Balaban J connectivity index is 1.56. The lowest BCUT2D eigenvalue weighted by Gasteiger charge is -2.40. The Morgan fingerprint density at radius 3 is 2.33 bits per heavy atom. The molecule has 3 rings (SSSR count). The van der Waals surface area contributed by atoms with E-state index in [0.29, 0.717) is 11.8 Å². The van der Waals surface area contributed by atoms with Gasteiger partial charge in [0.2, 0.25) is 0 Å². The lowest BCUT2D eigenvalue weighted by Crippen LogP contribution is -2.52. The standard InChI is InChI=1S/C23H43N5O2/c1-6-24-21(25-15-19-9-12-26(5)16-19)27-13-10-20(11-14-27)28(17-18-7-8-18)22(29)30-23(2,3)4/h18-20H,6-17H2,1-5H3,(H,24,25). The molecule has 1 unspecified atom stereocenters. The lowest BCUT2D eigenvalue weighted by atomic mass is 10.0. The predicted octanol–water partition coefficient (Wildman–Crippen LogP) is 3.02. The van der Waals surface area contributed by atoms with E-state index in [1.807, 2.05) is 25.7 Å². The zero-order valence-corrected chi connectivity index (χ0v) is 19.8. The van der Waals surface area contributed by atoms with Crippen molar-refractivity contribution in [2.24, 2.45) is 16.8 Å². The molecule has 7 nitrogen and oxygen atoms in total. The van der Waals surface area contributed by atoms with Crippen LogP contribution >= 0.6 is 0 Å². The SMILES string of the molecule is CCNC(=NCC1CCN(C)C1)N1CCC(N(CC2CC2)C(=O)OC(C)(C)C)CC1. The molecule has 2 heterocycles. The predicted molar refractivity (Wildman–Crippen MR) is 122 cm³/mol. The third-order valence-corrected chi connectivity index (χ3v) is 6.31. The molecular formula is C23H43N5O2. The Kier molecular flexibility index (Phi) is 7.88. The number of carbonyl (C=O) groups excluding carboxylic acids is 1. The summed E-state index contributed by atoms with van der Waals surface area (Å²) in [6.45, 7) is 14.8. The van der Waals surface area contributed by atoms with E-state index >= 15 is 0 Å². The molecule has 3 fully saturated rings.